The average Bonchev–Trinajstić information content (AvgIpc) is 2.56. The number of hydrogen-bond acceptors (Lipinski definition) is 2. The molecule has 0 radical (unpaired) electrons. The predicted molar refractivity (Wildman–Crippen MR) is 52.6 cm³/mol. The molecular formula is C11H10O3. The Hall–Kier alpha value is -1.77. The highest BCUT2D eigenvalue weighted by molar-refractivity contribution is 5.92. The highest BCUT2D eigenvalue weighted by Gasteiger charge is 2.12. The lowest BCUT2D eigenvalue weighted by molar-refractivity contribution is 0.0665. The molecule has 1 N–H and O–H groups in total. The summed E-state index contributed by atoms with van der Waals surface area (Å²) in [5, 5.41) is 9.59. The van der Waals surface area contributed by atoms with E-state index in [0.29, 0.717) is 5.58 Å². The Morgan fingerprint density at radius 1 is 1.36 bits per heavy atom. The lowest BCUT2D eigenvalue weighted by atomic mass is 10.1. The average molecular weight is 190 g/mol. The van der Waals surface area contributed by atoms with E-state index in [2.05, 4.69) is 0 Å². The Bertz CT molecular complexity index is 508. The fourth-order valence-corrected chi connectivity index (χ4v) is 1.45. The number of aromatic carboxylic acids is 1. The van der Waals surface area contributed by atoms with Crippen molar-refractivity contribution in [1.29, 1.82) is 0 Å². The molecule has 0 amide bonds. The molecule has 0 fully saturated rings. The van der Waals surface area contributed by atoms with Crippen molar-refractivity contribution < 1.29 is 14.3 Å². The van der Waals surface area contributed by atoms with Crippen molar-refractivity contribution in [1.82, 2.24) is 0 Å². The Labute approximate surface area is 81.0 Å². The number of aryl methyl sites for hydroxylation is 2. The summed E-state index contributed by atoms with van der Waals surface area (Å²) in [5.74, 6) is -1.04. The largest absolute Gasteiger partial charge is 0.475 e. The first-order chi connectivity index (χ1) is 6.59. The van der Waals surface area contributed by atoms with Crippen LogP contribution in [0.5, 0.6) is 0 Å². The van der Waals surface area contributed by atoms with Gasteiger partial charge in [0.25, 0.3) is 0 Å². The van der Waals surface area contributed by atoms with Gasteiger partial charge in [-0.3, -0.25) is 0 Å². The van der Waals surface area contributed by atoms with Crippen molar-refractivity contribution in [3.8, 4) is 0 Å². The third kappa shape index (κ3) is 1.18. The lowest BCUT2D eigenvalue weighted by Crippen LogP contribution is -1.91. The van der Waals surface area contributed by atoms with Gasteiger partial charge in [-0.25, -0.2) is 4.79 Å². The number of carbonyl (C=O) groups is 1. The molecule has 0 unspecified atom stereocenters. The first-order valence-electron chi connectivity index (χ1n) is 4.32. The van der Waals surface area contributed by atoms with Gasteiger partial charge in [0.15, 0.2) is 0 Å². The second-order valence-corrected chi connectivity index (χ2v) is 3.34. The van der Waals surface area contributed by atoms with Crippen LogP contribution in [0, 0.1) is 13.8 Å². The number of carboxylic acids is 1. The van der Waals surface area contributed by atoms with Crippen LogP contribution in [0.25, 0.3) is 11.0 Å². The van der Waals surface area contributed by atoms with Gasteiger partial charge in [-0.05, 0) is 31.0 Å². The van der Waals surface area contributed by atoms with Crippen LogP contribution < -0.4 is 0 Å². The molecule has 0 aliphatic rings. The summed E-state index contributed by atoms with van der Waals surface area (Å²) >= 11 is 0. The van der Waals surface area contributed by atoms with E-state index >= 15 is 0 Å². The van der Waals surface area contributed by atoms with Crippen molar-refractivity contribution in [2.75, 3.05) is 0 Å². The van der Waals surface area contributed by atoms with Crippen molar-refractivity contribution >= 4 is 16.9 Å². The van der Waals surface area contributed by atoms with Crippen LogP contribution in [-0.4, -0.2) is 11.1 Å². The van der Waals surface area contributed by atoms with E-state index in [4.69, 9.17) is 9.52 Å². The van der Waals surface area contributed by atoms with E-state index in [0.717, 1.165) is 16.5 Å². The molecule has 0 spiro atoms. The first-order valence-corrected chi connectivity index (χ1v) is 4.32. The fraction of sp³-hybridized carbons (Fsp3) is 0.182. The van der Waals surface area contributed by atoms with Gasteiger partial charge in [-0.1, -0.05) is 12.1 Å². The molecule has 2 rings (SSSR count). The number of benzene rings is 1. The third-order valence-corrected chi connectivity index (χ3v) is 2.42. The van der Waals surface area contributed by atoms with Gasteiger partial charge >= 0.3 is 5.97 Å². The second kappa shape index (κ2) is 2.87. The van der Waals surface area contributed by atoms with E-state index in [1.54, 1.807) is 6.07 Å². The molecule has 0 bridgehead atoms. The number of fused-ring (bicyclic) bond motifs is 1. The Kier molecular flexibility index (Phi) is 1.81. The Morgan fingerprint density at radius 3 is 2.71 bits per heavy atom. The molecule has 72 valence electrons. The lowest BCUT2D eigenvalue weighted by Gasteiger charge is -1.98. The van der Waals surface area contributed by atoms with Crippen LogP contribution in [0.1, 0.15) is 21.7 Å². The highest BCUT2D eigenvalue weighted by atomic mass is 16.4. The van der Waals surface area contributed by atoms with E-state index in [1.807, 2.05) is 26.0 Å². The summed E-state index contributed by atoms with van der Waals surface area (Å²) < 4.78 is 5.24. The topological polar surface area (TPSA) is 50.4 Å². The molecule has 0 saturated carbocycles. The minimum Gasteiger partial charge on any atom is -0.475 e. The third-order valence-electron chi connectivity index (χ3n) is 2.42. The quantitative estimate of drug-likeness (QED) is 0.752. The van der Waals surface area contributed by atoms with Crippen LogP contribution in [-0.2, 0) is 0 Å². The first kappa shape index (κ1) is 8.81. The summed E-state index contributed by atoms with van der Waals surface area (Å²) in [7, 11) is 0. The highest BCUT2D eigenvalue weighted by Crippen LogP contribution is 2.24. The summed E-state index contributed by atoms with van der Waals surface area (Å²) in [6.45, 7) is 3.89. The van der Waals surface area contributed by atoms with Gasteiger partial charge in [0, 0.05) is 5.39 Å². The van der Waals surface area contributed by atoms with Gasteiger partial charge in [0.2, 0.25) is 5.76 Å². The van der Waals surface area contributed by atoms with E-state index in [9.17, 15) is 4.79 Å². The summed E-state index contributed by atoms with van der Waals surface area (Å²) in [6, 6.07) is 5.37. The number of rotatable bonds is 1. The molecule has 0 aliphatic heterocycles. The minimum absolute atomic E-state index is 0.00583. The monoisotopic (exact) mass is 190 g/mol. The van der Waals surface area contributed by atoms with E-state index in [1.165, 1.54) is 0 Å². The molecule has 0 aliphatic carbocycles. The second-order valence-electron chi connectivity index (χ2n) is 3.34. The van der Waals surface area contributed by atoms with Crippen LogP contribution >= 0.6 is 0 Å². The molecule has 2 aromatic rings. The Morgan fingerprint density at radius 2 is 2.07 bits per heavy atom. The maximum Gasteiger partial charge on any atom is 0.371 e. The predicted octanol–water partition coefficient (Wildman–Crippen LogP) is 2.75. The van der Waals surface area contributed by atoms with E-state index < -0.39 is 5.97 Å². The van der Waals surface area contributed by atoms with Crippen LogP contribution in [0.15, 0.2) is 22.6 Å². The number of hydrogen-bond donors (Lipinski definition) is 1. The molecule has 1 heterocycles. The zero-order chi connectivity index (χ0) is 10.3. The number of carboxylic acid groups (broad SMARTS) is 1. The molecule has 1 aromatic carbocycles. The van der Waals surface area contributed by atoms with Gasteiger partial charge in [-0.2, -0.15) is 0 Å². The molecule has 3 heteroatoms. The van der Waals surface area contributed by atoms with Crippen molar-refractivity contribution in [2.45, 2.75) is 13.8 Å². The summed E-state index contributed by atoms with van der Waals surface area (Å²) in [4.78, 5) is 10.7. The fourth-order valence-electron chi connectivity index (χ4n) is 1.45. The zero-order valence-corrected chi connectivity index (χ0v) is 8.00. The minimum atomic E-state index is -1.03. The van der Waals surface area contributed by atoms with E-state index in [-0.39, 0.29) is 5.76 Å². The van der Waals surface area contributed by atoms with Crippen molar-refractivity contribution in [2.24, 2.45) is 0 Å². The SMILES string of the molecule is Cc1ccc2cc(C(=O)O)oc2c1C. The summed E-state index contributed by atoms with van der Waals surface area (Å²) in [5.41, 5.74) is 2.76. The Balaban J connectivity index is 2.77. The molecule has 0 saturated heterocycles. The zero-order valence-electron chi connectivity index (χ0n) is 8.00. The van der Waals surface area contributed by atoms with Crippen LogP contribution in [0.4, 0.5) is 0 Å². The van der Waals surface area contributed by atoms with Gasteiger partial charge in [0.05, 0.1) is 0 Å². The number of furan rings is 1. The van der Waals surface area contributed by atoms with Gasteiger partial charge in [0.1, 0.15) is 5.58 Å². The maximum atomic E-state index is 10.7. The van der Waals surface area contributed by atoms with Gasteiger partial charge in [-0.15, -0.1) is 0 Å². The smallest absolute Gasteiger partial charge is 0.371 e. The van der Waals surface area contributed by atoms with Crippen molar-refractivity contribution in [3.05, 3.63) is 35.1 Å². The van der Waals surface area contributed by atoms with Crippen molar-refractivity contribution in [3.63, 3.8) is 0 Å². The van der Waals surface area contributed by atoms with Gasteiger partial charge < -0.3 is 9.52 Å². The standard InChI is InChI=1S/C11H10O3/c1-6-3-4-8-5-9(11(12)13)14-10(8)7(6)2/h3-5H,1-2H3,(H,12,13). The maximum absolute atomic E-state index is 10.7. The van der Waals surface area contributed by atoms with Crippen LogP contribution in [0.3, 0.4) is 0 Å². The molecular weight excluding hydrogens is 180 g/mol. The molecule has 0 atom stereocenters. The summed E-state index contributed by atoms with van der Waals surface area (Å²) in [6.07, 6.45) is 0. The molecule has 14 heavy (non-hydrogen) atoms. The van der Waals surface area contributed by atoms with Crippen LogP contribution in [0.2, 0.25) is 0 Å². The molecule has 3 nitrogen and oxygen atoms in total. The molecule has 1 aromatic heterocycles. The normalized spacial score (nSPS) is 10.7.